The summed E-state index contributed by atoms with van der Waals surface area (Å²) in [6.45, 7) is 5.96. The summed E-state index contributed by atoms with van der Waals surface area (Å²) in [5, 5.41) is 2.97. The number of anilines is 1. The zero-order chi connectivity index (χ0) is 30.8. The van der Waals surface area contributed by atoms with Crippen molar-refractivity contribution in [3.8, 4) is 0 Å². The lowest BCUT2D eigenvalue weighted by atomic mass is 10.0. The van der Waals surface area contributed by atoms with Crippen molar-refractivity contribution in [2.24, 2.45) is 0 Å². The molecular weight excluding hydrogens is 558 g/mol. The van der Waals surface area contributed by atoms with E-state index in [9.17, 15) is 18.0 Å². The first-order valence-electron chi connectivity index (χ1n) is 14.5. The van der Waals surface area contributed by atoms with Crippen LogP contribution < -0.4 is 9.62 Å². The van der Waals surface area contributed by atoms with E-state index in [1.807, 2.05) is 81.4 Å². The van der Waals surface area contributed by atoms with E-state index >= 15 is 0 Å². The molecule has 4 aromatic rings. The SMILES string of the molecule is CCCNC(=O)[C@@H](Cc1ccccc1)N(Cc1ccc(C)cc1)C(=O)CN(c1cccc(C)c1)S(=O)(=O)c1ccccc1. The Morgan fingerprint density at radius 1 is 0.767 bits per heavy atom. The van der Waals surface area contributed by atoms with Crippen molar-refractivity contribution in [1.29, 1.82) is 0 Å². The second kappa shape index (κ2) is 14.6. The molecule has 0 aliphatic carbocycles. The number of nitrogens with zero attached hydrogens (tertiary/aromatic N) is 2. The van der Waals surface area contributed by atoms with Gasteiger partial charge in [0, 0.05) is 19.5 Å². The molecule has 4 rings (SSSR count). The standard InChI is InChI=1S/C35H39N3O4S/c1-4-22-36-35(40)33(24-29-13-7-5-8-14-29)37(25-30-20-18-27(2)19-21-30)34(39)26-38(31-15-11-12-28(3)23-31)43(41,42)32-16-9-6-10-17-32/h5-21,23,33H,4,22,24-26H2,1-3H3,(H,36,40)/t33-/m1/s1. The Balaban J connectivity index is 1.78. The van der Waals surface area contributed by atoms with Crippen molar-refractivity contribution < 1.29 is 18.0 Å². The quantitative estimate of drug-likeness (QED) is 0.215. The largest absolute Gasteiger partial charge is 0.354 e. The Bertz CT molecular complexity index is 1610. The Kier molecular flexibility index (Phi) is 10.7. The van der Waals surface area contributed by atoms with E-state index in [4.69, 9.17) is 0 Å². The highest BCUT2D eigenvalue weighted by atomic mass is 32.2. The zero-order valence-electron chi connectivity index (χ0n) is 24.9. The third-order valence-corrected chi connectivity index (χ3v) is 8.98. The lowest BCUT2D eigenvalue weighted by molar-refractivity contribution is -0.140. The van der Waals surface area contributed by atoms with Gasteiger partial charge in [0.1, 0.15) is 12.6 Å². The van der Waals surface area contributed by atoms with Crippen LogP contribution in [0.1, 0.15) is 35.6 Å². The highest BCUT2D eigenvalue weighted by Crippen LogP contribution is 2.26. The van der Waals surface area contributed by atoms with Crippen LogP contribution in [-0.2, 0) is 32.6 Å². The van der Waals surface area contributed by atoms with E-state index in [2.05, 4.69) is 5.32 Å². The van der Waals surface area contributed by atoms with Crippen molar-refractivity contribution in [1.82, 2.24) is 10.2 Å². The molecule has 224 valence electrons. The van der Waals surface area contributed by atoms with E-state index in [0.29, 0.717) is 12.2 Å². The fourth-order valence-electron chi connectivity index (χ4n) is 4.84. The summed E-state index contributed by atoms with van der Waals surface area (Å²) in [5.41, 5.74) is 4.04. The van der Waals surface area contributed by atoms with E-state index in [1.54, 1.807) is 36.4 Å². The third-order valence-electron chi connectivity index (χ3n) is 7.19. The summed E-state index contributed by atoms with van der Waals surface area (Å²) in [4.78, 5) is 29.7. The minimum absolute atomic E-state index is 0.0796. The highest BCUT2D eigenvalue weighted by molar-refractivity contribution is 7.92. The first-order chi connectivity index (χ1) is 20.7. The van der Waals surface area contributed by atoms with Gasteiger partial charge < -0.3 is 10.2 Å². The third kappa shape index (κ3) is 8.32. The molecule has 0 aromatic heterocycles. The van der Waals surface area contributed by atoms with Crippen LogP contribution in [0.2, 0.25) is 0 Å². The predicted molar refractivity (Wildman–Crippen MR) is 171 cm³/mol. The molecule has 2 amide bonds. The average Bonchev–Trinajstić information content (AvgIpc) is 3.02. The number of carbonyl (C=O) groups excluding carboxylic acids is 2. The Labute approximate surface area is 255 Å². The van der Waals surface area contributed by atoms with Crippen LogP contribution in [0, 0.1) is 13.8 Å². The second-order valence-corrected chi connectivity index (χ2v) is 12.5. The van der Waals surface area contributed by atoms with Gasteiger partial charge in [0.05, 0.1) is 10.6 Å². The molecule has 8 heteroatoms. The summed E-state index contributed by atoms with van der Waals surface area (Å²) in [5.74, 6) is -0.756. The topological polar surface area (TPSA) is 86.8 Å². The second-order valence-electron chi connectivity index (χ2n) is 10.7. The van der Waals surface area contributed by atoms with Gasteiger partial charge in [-0.25, -0.2) is 8.42 Å². The normalized spacial score (nSPS) is 11.9. The fourth-order valence-corrected chi connectivity index (χ4v) is 6.27. The lowest BCUT2D eigenvalue weighted by Gasteiger charge is -2.34. The molecule has 0 saturated carbocycles. The Morgan fingerprint density at radius 3 is 2.05 bits per heavy atom. The van der Waals surface area contributed by atoms with Crippen LogP contribution in [0.3, 0.4) is 0 Å². The molecule has 0 unspecified atom stereocenters. The van der Waals surface area contributed by atoms with Crippen LogP contribution >= 0.6 is 0 Å². The molecule has 43 heavy (non-hydrogen) atoms. The number of amides is 2. The maximum Gasteiger partial charge on any atom is 0.264 e. The van der Waals surface area contributed by atoms with Gasteiger partial charge in [-0.05, 0) is 61.2 Å². The van der Waals surface area contributed by atoms with Crippen molar-refractivity contribution in [3.63, 3.8) is 0 Å². The van der Waals surface area contributed by atoms with E-state index in [0.717, 1.165) is 33.0 Å². The summed E-state index contributed by atoms with van der Waals surface area (Å²) in [7, 11) is -4.11. The van der Waals surface area contributed by atoms with E-state index in [-0.39, 0.29) is 23.8 Å². The molecular formula is C35H39N3O4S. The molecule has 0 saturated heterocycles. The van der Waals surface area contributed by atoms with Crippen molar-refractivity contribution in [2.45, 2.75) is 51.1 Å². The van der Waals surface area contributed by atoms with Gasteiger partial charge in [-0.1, -0.05) is 97.4 Å². The van der Waals surface area contributed by atoms with Crippen LogP contribution in [0.4, 0.5) is 5.69 Å². The van der Waals surface area contributed by atoms with Crippen molar-refractivity contribution in [2.75, 3.05) is 17.4 Å². The molecule has 0 aliphatic rings. The number of aryl methyl sites for hydroxylation is 2. The van der Waals surface area contributed by atoms with Crippen molar-refractivity contribution >= 4 is 27.5 Å². The molecule has 1 N–H and O–H groups in total. The van der Waals surface area contributed by atoms with E-state index < -0.39 is 28.5 Å². The molecule has 0 aliphatic heterocycles. The first-order valence-corrected chi connectivity index (χ1v) is 15.9. The summed E-state index contributed by atoms with van der Waals surface area (Å²) in [6.07, 6.45) is 1.02. The van der Waals surface area contributed by atoms with Crippen molar-refractivity contribution in [3.05, 3.63) is 131 Å². The van der Waals surface area contributed by atoms with Gasteiger partial charge in [0.25, 0.3) is 10.0 Å². The Hall–Kier alpha value is -4.43. The number of benzene rings is 4. The number of hydrogen-bond donors (Lipinski definition) is 1. The molecule has 0 radical (unpaired) electrons. The van der Waals surface area contributed by atoms with Gasteiger partial charge in [-0.15, -0.1) is 0 Å². The molecule has 7 nitrogen and oxygen atoms in total. The van der Waals surface area contributed by atoms with Gasteiger partial charge in [-0.2, -0.15) is 0 Å². The molecule has 0 bridgehead atoms. The predicted octanol–water partition coefficient (Wildman–Crippen LogP) is 5.67. The first kappa shape index (κ1) is 31.5. The zero-order valence-corrected chi connectivity index (χ0v) is 25.8. The maximum atomic E-state index is 14.4. The maximum absolute atomic E-state index is 14.4. The monoisotopic (exact) mass is 597 g/mol. The van der Waals surface area contributed by atoms with Gasteiger partial charge in [0.15, 0.2) is 0 Å². The molecule has 4 aromatic carbocycles. The van der Waals surface area contributed by atoms with Gasteiger partial charge in [-0.3, -0.25) is 13.9 Å². The van der Waals surface area contributed by atoms with Crippen LogP contribution in [0.25, 0.3) is 0 Å². The number of rotatable bonds is 13. The Morgan fingerprint density at radius 2 is 1.42 bits per heavy atom. The molecule has 0 spiro atoms. The highest BCUT2D eigenvalue weighted by Gasteiger charge is 2.34. The molecule has 0 heterocycles. The molecule has 0 fully saturated rings. The minimum atomic E-state index is -4.11. The number of nitrogens with one attached hydrogen (secondary N) is 1. The summed E-state index contributed by atoms with van der Waals surface area (Å²) in [6, 6.07) is 31.6. The number of hydrogen-bond acceptors (Lipinski definition) is 4. The number of sulfonamides is 1. The average molecular weight is 598 g/mol. The van der Waals surface area contributed by atoms with Crippen LogP contribution in [0.5, 0.6) is 0 Å². The minimum Gasteiger partial charge on any atom is -0.354 e. The van der Waals surface area contributed by atoms with Crippen LogP contribution in [0.15, 0.2) is 114 Å². The lowest BCUT2D eigenvalue weighted by Crippen LogP contribution is -2.53. The summed E-state index contributed by atoms with van der Waals surface area (Å²) >= 11 is 0. The smallest absolute Gasteiger partial charge is 0.264 e. The van der Waals surface area contributed by atoms with Gasteiger partial charge >= 0.3 is 0 Å². The van der Waals surface area contributed by atoms with Crippen LogP contribution in [-0.4, -0.2) is 44.3 Å². The summed E-state index contributed by atoms with van der Waals surface area (Å²) < 4.78 is 29.2. The van der Waals surface area contributed by atoms with Gasteiger partial charge in [0.2, 0.25) is 11.8 Å². The number of carbonyl (C=O) groups is 2. The fraction of sp³-hybridized carbons (Fsp3) is 0.257. The van der Waals surface area contributed by atoms with E-state index in [1.165, 1.54) is 17.0 Å². The molecule has 1 atom stereocenters.